The van der Waals surface area contributed by atoms with E-state index in [2.05, 4.69) is 48.8 Å². The first-order valence-electron chi connectivity index (χ1n) is 10.1. The molecule has 0 bridgehead atoms. The first kappa shape index (κ1) is 19.7. The third-order valence-electron chi connectivity index (χ3n) is 5.62. The highest BCUT2D eigenvalue weighted by atomic mass is 19.4. The van der Waals surface area contributed by atoms with Crippen LogP contribution in [0.2, 0.25) is 0 Å². The molecule has 5 rings (SSSR count). The lowest BCUT2D eigenvalue weighted by molar-refractivity contribution is -0.274. The van der Waals surface area contributed by atoms with Gasteiger partial charge in [0.2, 0.25) is 0 Å². The molecule has 1 fully saturated rings. The van der Waals surface area contributed by atoms with Gasteiger partial charge in [-0.15, -0.1) is 13.2 Å². The van der Waals surface area contributed by atoms with E-state index in [4.69, 9.17) is 0 Å². The first-order valence-corrected chi connectivity index (χ1v) is 10.1. The molecular formula is C23H21F3N4O. The summed E-state index contributed by atoms with van der Waals surface area (Å²) in [6.45, 7) is 4.39. The Bertz CT molecular complexity index is 1210. The molecule has 0 atom stereocenters. The van der Waals surface area contributed by atoms with Crippen molar-refractivity contribution in [2.24, 2.45) is 0 Å². The van der Waals surface area contributed by atoms with Gasteiger partial charge in [-0.05, 0) is 42.5 Å². The zero-order valence-corrected chi connectivity index (χ0v) is 16.7. The molecule has 3 heterocycles. The maximum absolute atomic E-state index is 12.4. The highest BCUT2D eigenvalue weighted by Gasteiger charge is 2.31. The molecule has 4 aromatic rings. The predicted molar refractivity (Wildman–Crippen MR) is 114 cm³/mol. The van der Waals surface area contributed by atoms with Gasteiger partial charge >= 0.3 is 6.36 Å². The molecule has 5 nitrogen and oxygen atoms in total. The van der Waals surface area contributed by atoms with Crippen LogP contribution in [0.15, 0.2) is 60.8 Å². The number of ether oxygens (including phenoxy) is 1. The van der Waals surface area contributed by atoms with Crippen LogP contribution in [0.3, 0.4) is 0 Å². The molecule has 1 saturated heterocycles. The molecule has 0 radical (unpaired) electrons. The molecule has 1 aliphatic heterocycles. The van der Waals surface area contributed by atoms with Gasteiger partial charge in [0, 0.05) is 60.9 Å². The Labute approximate surface area is 177 Å². The van der Waals surface area contributed by atoms with Gasteiger partial charge < -0.3 is 14.6 Å². The molecule has 2 aromatic heterocycles. The number of piperazine rings is 1. The van der Waals surface area contributed by atoms with Crippen LogP contribution in [0.5, 0.6) is 5.75 Å². The number of halogens is 3. The second-order valence-electron chi connectivity index (χ2n) is 7.68. The number of hydrogen-bond donors (Lipinski definition) is 1. The fourth-order valence-corrected chi connectivity index (χ4v) is 4.15. The van der Waals surface area contributed by atoms with Gasteiger partial charge in [0.15, 0.2) is 0 Å². The Kier molecular flexibility index (Phi) is 4.94. The van der Waals surface area contributed by atoms with Crippen molar-refractivity contribution in [1.29, 1.82) is 0 Å². The van der Waals surface area contributed by atoms with Crippen LogP contribution in [0, 0.1) is 0 Å². The van der Waals surface area contributed by atoms with Crippen molar-refractivity contribution < 1.29 is 17.9 Å². The second-order valence-corrected chi connectivity index (χ2v) is 7.68. The fraction of sp³-hybridized carbons (Fsp3) is 0.261. The fourth-order valence-electron chi connectivity index (χ4n) is 4.15. The van der Waals surface area contributed by atoms with Crippen LogP contribution >= 0.6 is 0 Å². The SMILES string of the molecule is FC(F)(F)Oc1ccc2nc(CN3CCN(c4cccc5[nH]ccc45)CC3)ccc2c1. The number of alkyl halides is 3. The van der Waals surface area contributed by atoms with E-state index < -0.39 is 6.36 Å². The minimum absolute atomic E-state index is 0.233. The third-order valence-corrected chi connectivity index (χ3v) is 5.62. The summed E-state index contributed by atoms with van der Waals surface area (Å²) in [5.41, 5.74) is 3.95. The number of nitrogens with one attached hydrogen (secondary N) is 1. The molecule has 1 N–H and O–H groups in total. The average Bonchev–Trinajstić information content (AvgIpc) is 3.22. The summed E-state index contributed by atoms with van der Waals surface area (Å²) < 4.78 is 41.2. The van der Waals surface area contributed by atoms with Crippen LogP contribution in [-0.4, -0.2) is 47.4 Å². The highest BCUT2D eigenvalue weighted by Crippen LogP contribution is 2.28. The van der Waals surface area contributed by atoms with E-state index in [1.165, 1.54) is 23.2 Å². The lowest BCUT2D eigenvalue weighted by Gasteiger charge is -2.36. The summed E-state index contributed by atoms with van der Waals surface area (Å²) in [6.07, 6.45) is -2.73. The maximum Gasteiger partial charge on any atom is 0.573 e. The van der Waals surface area contributed by atoms with Crippen LogP contribution < -0.4 is 9.64 Å². The van der Waals surface area contributed by atoms with Gasteiger partial charge in [-0.1, -0.05) is 12.1 Å². The molecule has 0 spiro atoms. The summed E-state index contributed by atoms with van der Waals surface area (Å²) in [5, 5.41) is 1.86. The van der Waals surface area contributed by atoms with Crippen molar-refractivity contribution in [3.05, 3.63) is 66.5 Å². The number of aromatic nitrogens is 2. The van der Waals surface area contributed by atoms with Crippen LogP contribution in [0.25, 0.3) is 21.8 Å². The molecule has 0 saturated carbocycles. The molecular weight excluding hydrogens is 405 g/mol. The van der Waals surface area contributed by atoms with Crippen molar-refractivity contribution in [2.75, 3.05) is 31.1 Å². The van der Waals surface area contributed by atoms with E-state index in [9.17, 15) is 13.2 Å². The number of anilines is 1. The number of nitrogens with zero attached hydrogens (tertiary/aromatic N) is 3. The zero-order chi connectivity index (χ0) is 21.4. The highest BCUT2D eigenvalue weighted by molar-refractivity contribution is 5.92. The summed E-state index contributed by atoms with van der Waals surface area (Å²) in [6, 6.07) is 16.3. The second kappa shape index (κ2) is 7.77. The van der Waals surface area contributed by atoms with Gasteiger partial charge in [0.25, 0.3) is 0 Å². The predicted octanol–water partition coefficient (Wildman–Crippen LogP) is 4.94. The van der Waals surface area contributed by atoms with E-state index in [1.54, 1.807) is 12.1 Å². The Balaban J connectivity index is 1.24. The number of pyridine rings is 1. The molecule has 8 heteroatoms. The monoisotopic (exact) mass is 426 g/mol. The van der Waals surface area contributed by atoms with Crippen molar-refractivity contribution in [1.82, 2.24) is 14.9 Å². The van der Waals surface area contributed by atoms with Crippen molar-refractivity contribution in [3.8, 4) is 5.75 Å². The van der Waals surface area contributed by atoms with Gasteiger partial charge in [0.1, 0.15) is 5.75 Å². The minimum atomic E-state index is -4.70. The molecule has 0 aliphatic carbocycles. The number of aromatic amines is 1. The Morgan fingerprint density at radius 3 is 2.61 bits per heavy atom. The third kappa shape index (κ3) is 4.29. The van der Waals surface area contributed by atoms with E-state index >= 15 is 0 Å². The van der Waals surface area contributed by atoms with Gasteiger partial charge in [-0.3, -0.25) is 9.88 Å². The van der Waals surface area contributed by atoms with Gasteiger partial charge in [-0.25, -0.2) is 0 Å². The topological polar surface area (TPSA) is 44.4 Å². The van der Waals surface area contributed by atoms with Crippen molar-refractivity contribution >= 4 is 27.5 Å². The minimum Gasteiger partial charge on any atom is -0.406 e. The number of H-pyrrole nitrogens is 1. The van der Waals surface area contributed by atoms with E-state index in [-0.39, 0.29) is 5.75 Å². The summed E-state index contributed by atoms with van der Waals surface area (Å²) in [5.74, 6) is -0.233. The summed E-state index contributed by atoms with van der Waals surface area (Å²) >= 11 is 0. The summed E-state index contributed by atoms with van der Waals surface area (Å²) in [4.78, 5) is 12.6. The molecule has 31 heavy (non-hydrogen) atoms. The average molecular weight is 426 g/mol. The molecule has 0 unspecified atom stereocenters. The number of fused-ring (bicyclic) bond motifs is 2. The summed E-state index contributed by atoms with van der Waals surface area (Å²) in [7, 11) is 0. The largest absolute Gasteiger partial charge is 0.573 e. The first-order chi connectivity index (χ1) is 14.9. The maximum atomic E-state index is 12.4. The Hall–Kier alpha value is -3.26. The quantitative estimate of drug-likeness (QED) is 0.502. The Morgan fingerprint density at radius 1 is 0.968 bits per heavy atom. The number of hydrogen-bond acceptors (Lipinski definition) is 4. The molecule has 160 valence electrons. The standard InChI is InChI=1S/C23H21F3N4O/c24-23(25,26)31-18-6-7-20-16(14-18)4-5-17(28-20)15-29-10-12-30(13-11-29)22-3-1-2-21-19(22)8-9-27-21/h1-9,14,27H,10-13,15H2. The Morgan fingerprint density at radius 2 is 1.81 bits per heavy atom. The number of benzene rings is 2. The van der Waals surface area contributed by atoms with Gasteiger partial charge in [0.05, 0.1) is 11.2 Å². The molecule has 2 aromatic carbocycles. The van der Waals surface area contributed by atoms with E-state index in [1.807, 2.05) is 12.3 Å². The van der Waals surface area contributed by atoms with Crippen LogP contribution in [-0.2, 0) is 6.54 Å². The zero-order valence-electron chi connectivity index (χ0n) is 16.7. The molecule has 1 aliphatic rings. The van der Waals surface area contributed by atoms with Crippen LogP contribution in [0.4, 0.5) is 18.9 Å². The normalized spacial score (nSPS) is 15.6. The lowest BCUT2D eigenvalue weighted by atomic mass is 10.1. The van der Waals surface area contributed by atoms with Crippen molar-refractivity contribution in [2.45, 2.75) is 12.9 Å². The van der Waals surface area contributed by atoms with E-state index in [0.717, 1.165) is 37.4 Å². The van der Waals surface area contributed by atoms with Crippen molar-refractivity contribution in [3.63, 3.8) is 0 Å². The van der Waals surface area contributed by atoms with Crippen LogP contribution in [0.1, 0.15) is 5.69 Å². The molecule has 0 amide bonds. The number of rotatable bonds is 4. The lowest BCUT2D eigenvalue weighted by Crippen LogP contribution is -2.46. The smallest absolute Gasteiger partial charge is 0.406 e. The van der Waals surface area contributed by atoms with E-state index in [0.29, 0.717) is 17.4 Å². The van der Waals surface area contributed by atoms with Gasteiger partial charge in [-0.2, -0.15) is 0 Å².